The second kappa shape index (κ2) is 7.48. The molecule has 4 heteroatoms. The number of halogens is 1. The summed E-state index contributed by atoms with van der Waals surface area (Å²) in [6.07, 6.45) is 5.31. The number of rotatable bonds is 7. The van der Waals surface area contributed by atoms with Gasteiger partial charge in [-0.1, -0.05) is 25.1 Å². The van der Waals surface area contributed by atoms with Crippen LogP contribution in [0.2, 0.25) is 0 Å². The van der Waals surface area contributed by atoms with E-state index in [1.807, 2.05) is 18.2 Å². The van der Waals surface area contributed by atoms with E-state index in [9.17, 15) is 4.39 Å². The minimum absolute atomic E-state index is 0.147. The van der Waals surface area contributed by atoms with Gasteiger partial charge in [-0.25, -0.2) is 4.39 Å². The van der Waals surface area contributed by atoms with E-state index in [0.29, 0.717) is 13.0 Å². The molecule has 0 amide bonds. The van der Waals surface area contributed by atoms with Crippen LogP contribution in [0.25, 0.3) is 0 Å². The lowest BCUT2D eigenvalue weighted by atomic mass is 10.1. The van der Waals surface area contributed by atoms with Crippen molar-refractivity contribution in [3.63, 3.8) is 0 Å². The lowest BCUT2D eigenvalue weighted by Crippen LogP contribution is -2.07. The molecule has 20 heavy (non-hydrogen) atoms. The van der Waals surface area contributed by atoms with E-state index in [1.54, 1.807) is 18.5 Å². The minimum Gasteiger partial charge on any atom is -0.384 e. The molecule has 0 fully saturated rings. The van der Waals surface area contributed by atoms with E-state index < -0.39 is 0 Å². The van der Waals surface area contributed by atoms with Crippen molar-refractivity contribution in [2.75, 3.05) is 23.7 Å². The van der Waals surface area contributed by atoms with Gasteiger partial charge < -0.3 is 10.6 Å². The number of hydrogen-bond donors (Lipinski definition) is 2. The highest BCUT2D eigenvalue weighted by atomic mass is 19.1. The van der Waals surface area contributed by atoms with Gasteiger partial charge in [0.15, 0.2) is 0 Å². The maximum Gasteiger partial charge on any atom is 0.126 e. The van der Waals surface area contributed by atoms with Crippen LogP contribution in [0.1, 0.15) is 18.9 Å². The van der Waals surface area contributed by atoms with Crippen LogP contribution >= 0.6 is 0 Å². The van der Waals surface area contributed by atoms with Crippen LogP contribution in [0.15, 0.2) is 42.7 Å². The fraction of sp³-hybridized carbons (Fsp3) is 0.312. The monoisotopic (exact) mass is 273 g/mol. The van der Waals surface area contributed by atoms with Crippen molar-refractivity contribution in [2.24, 2.45) is 0 Å². The number of anilines is 2. The average molecular weight is 273 g/mol. The number of nitrogens with zero attached hydrogens (tertiary/aromatic N) is 1. The van der Waals surface area contributed by atoms with E-state index in [-0.39, 0.29) is 5.82 Å². The minimum atomic E-state index is -0.147. The molecule has 106 valence electrons. The van der Waals surface area contributed by atoms with Gasteiger partial charge in [0.25, 0.3) is 0 Å². The Morgan fingerprint density at radius 1 is 1.05 bits per heavy atom. The molecule has 3 nitrogen and oxygen atoms in total. The zero-order valence-electron chi connectivity index (χ0n) is 11.7. The first-order chi connectivity index (χ1) is 9.79. The normalized spacial score (nSPS) is 10.3. The quantitative estimate of drug-likeness (QED) is 0.807. The lowest BCUT2D eigenvalue weighted by Gasteiger charge is -2.09. The van der Waals surface area contributed by atoms with Crippen molar-refractivity contribution in [2.45, 2.75) is 19.8 Å². The molecule has 1 aromatic heterocycles. The Bertz CT molecular complexity index is 543. The molecule has 0 saturated heterocycles. The first kappa shape index (κ1) is 14.3. The molecule has 0 bridgehead atoms. The van der Waals surface area contributed by atoms with Crippen molar-refractivity contribution >= 4 is 11.4 Å². The van der Waals surface area contributed by atoms with E-state index >= 15 is 0 Å². The second-order valence-electron chi connectivity index (χ2n) is 4.66. The van der Waals surface area contributed by atoms with Gasteiger partial charge in [-0.2, -0.15) is 0 Å². The Kier molecular flexibility index (Phi) is 5.35. The number of pyridine rings is 1. The molecule has 2 rings (SSSR count). The van der Waals surface area contributed by atoms with E-state index in [4.69, 9.17) is 0 Å². The molecule has 0 aliphatic rings. The molecule has 0 radical (unpaired) electrons. The highest BCUT2D eigenvalue weighted by molar-refractivity contribution is 5.53. The summed E-state index contributed by atoms with van der Waals surface area (Å²) in [6, 6.07) is 8.89. The summed E-state index contributed by atoms with van der Waals surface area (Å²) in [5.74, 6) is -0.147. The standard InChI is InChI=1S/C16H20FN3/c1-2-8-19-14-10-15(12-18-11-14)20-9-7-13-5-3-4-6-16(13)17/h3-6,10-12,19-20H,2,7-9H2,1H3. The summed E-state index contributed by atoms with van der Waals surface area (Å²) in [6.45, 7) is 3.73. The predicted octanol–water partition coefficient (Wildman–Crippen LogP) is 3.70. The molecule has 0 spiro atoms. The van der Waals surface area contributed by atoms with Gasteiger partial charge >= 0.3 is 0 Å². The number of nitrogens with one attached hydrogen (secondary N) is 2. The molecule has 1 heterocycles. The first-order valence-corrected chi connectivity index (χ1v) is 6.96. The number of aromatic nitrogens is 1. The third-order valence-electron chi connectivity index (χ3n) is 3.00. The van der Waals surface area contributed by atoms with Crippen LogP contribution in [0.4, 0.5) is 15.8 Å². The average Bonchev–Trinajstić information content (AvgIpc) is 2.48. The smallest absolute Gasteiger partial charge is 0.126 e. The van der Waals surface area contributed by atoms with Crippen molar-refractivity contribution in [1.82, 2.24) is 4.98 Å². The highest BCUT2D eigenvalue weighted by Crippen LogP contribution is 2.13. The van der Waals surface area contributed by atoms with E-state index in [1.165, 1.54) is 6.07 Å². The van der Waals surface area contributed by atoms with Crippen molar-refractivity contribution < 1.29 is 4.39 Å². The van der Waals surface area contributed by atoms with Crippen LogP contribution in [-0.4, -0.2) is 18.1 Å². The summed E-state index contributed by atoms with van der Waals surface area (Å²) >= 11 is 0. The lowest BCUT2D eigenvalue weighted by molar-refractivity contribution is 0.610. The summed E-state index contributed by atoms with van der Waals surface area (Å²) in [5.41, 5.74) is 2.68. The summed E-state index contributed by atoms with van der Waals surface area (Å²) < 4.78 is 13.5. The zero-order chi connectivity index (χ0) is 14.2. The number of hydrogen-bond acceptors (Lipinski definition) is 3. The van der Waals surface area contributed by atoms with Gasteiger partial charge in [0.1, 0.15) is 5.82 Å². The summed E-state index contributed by atoms with van der Waals surface area (Å²) in [7, 11) is 0. The van der Waals surface area contributed by atoms with Gasteiger partial charge in [0.05, 0.1) is 23.8 Å². The predicted molar refractivity (Wildman–Crippen MR) is 81.6 cm³/mol. The van der Waals surface area contributed by atoms with Gasteiger partial charge in [-0.05, 0) is 30.5 Å². The van der Waals surface area contributed by atoms with Gasteiger partial charge in [-0.15, -0.1) is 0 Å². The molecule has 0 atom stereocenters. The van der Waals surface area contributed by atoms with E-state index in [0.717, 1.165) is 29.9 Å². The van der Waals surface area contributed by atoms with Crippen LogP contribution in [0.3, 0.4) is 0 Å². The Balaban J connectivity index is 1.86. The molecule has 0 unspecified atom stereocenters. The second-order valence-corrected chi connectivity index (χ2v) is 4.66. The van der Waals surface area contributed by atoms with Crippen LogP contribution in [0, 0.1) is 5.82 Å². The third kappa shape index (κ3) is 4.23. The van der Waals surface area contributed by atoms with Crippen LogP contribution in [0.5, 0.6) is 0 Å². The Morgan fingerprint density at radius 3 is 2.45 bits per heavy atom. The molecule has 0 aliphatic carbocycles. The molecular formula is C16H20FN3. The van der Waals surface area contributed by atoms with Gasteiger partial charge in [-0.3, -0.25) is 4.98 Å². The Morgan fingerprint density at radius 2 is 1.75 bits per heavy atom. The Labute approximate surface area is 119 Å². The maximum atomic E-state index is 13.5. The third-order valence-corrected chi connectivity index (χ3v) is 3.00. The van der Waals surface area contributed by atoms with E-state index in [2.05, 4.69) is 22.5 Å². The highest BCUT2D eigenvalue weighted by Gasteiger charge is 2.01. The largest absolute Gasteiger partial charge is 0.384 e. The van der Waals surface area contributed by atoms with Crippen LogP contribution in [-0.2, 0) is 6.42 Å². The topological polar surface area (TPSA) is 37.0 Å². The first-order valence-electron chi connectivity index (χ1n) is 6.96. The molecular weight excluding hydrogens is 253 g/mol. The Hall–Kier alpha value is -2.10. The SMILES string of the molecule is CCCNc1cncc(NCCc2ccccc2F)c1. The summed E-state index contributed by atoms with van der Waals surface area (Å²) in [5, 5.41) is 6.56. The van der Waals surface area contributed by atoms with Gasteiger partial charge in [0.2, 0.25) is 0 Å². The molecule has 2 N–H and O–H groups in total. The fourth-order valence-corrected chi connectivity index (χ4v) is 1.95. The fourth-order valence-electron chi connectivity index (χ4n) is 1.95. The van der Waals surface area contributed by atoms with Crippen molar-refractivity contribution in [3.8, 4) is 0 Å². The zero-order valence-corrected chi connectivity index (χ0v) is 11.7. The van der Waals surface area contributed by atoms with Gasteiger partial charge in [0, 0.05) is 13.1 Å². The number of benzene rings is 1. The summed E-state index contributed by atoms with van der Waals surface area (Å²) in [4.78, 5) is 4.18. The molecule has 0 saturated carbocycles. The molecule has 1 aromatic carbocycles. The van der Waals surface area contributed by atoms with Crippen LogP contribution < -0.4 is 10.6 Å². The van der Waals surface area contributed by atoms with Crippen molar-refractivity contribution in [1.29, 1.82) is 0 Å². The van der Waals surface area contributed by atoms with Crippen molar-refractivity contribution in [3.05, 3.63) is 54.1 Å². The molecule has 2 aromatic rings. The molecule has 0 aliphatic heterocycles. The maximum absolute atomic E-state index is 13.5.